The second kappa shape index (κ2) is 11.9. The van der Waals surface area contributed by atoms with Crippen molar-refractivity contribution in [2.24, 2.45) is 0 Å². The minimum Gasteiger partial charge on any atom is -0.489 e. The molecule has 1 N–H and O–H groups in total. The molecule has 0 unspecified atom stereocenters. The number of hydrogen-bond acceptors (Lipinski definition) is 5. The second-order valence-electron chi connectivity index (χ2n) is 8.88. The maximum absolute atomic E-state index is 11.2. The van der Waals surface area contributed by atoms with E-state index in [2.05, 4.69) is 10.1 Å². The zero-order valence-electron chi connectivity index (χ0n) is 21.0. The molecule has 0 aliphatic heterocycles. The van der Waals surface area contributed by atoms with Crippen LogP contribution in [0.3, 0.4) is 0 Å². The average Bonchev–Trinajstić information content (AvgIpc) is 3.31. The van der Waals surface area contributed by atoms with Gasteiger partial charge in [0.1, 0.15) is 29.5 Å². The number of carboxylic acids is 1. The molecule has 6 nitrogen and oxygen atoms in total. The van der Waals surface area contributed by atoms with Gasteiger partial charge in [0.15, 0.2) is 0 Å². The third kappa shape index (κ3) is 5.75. The second-order valence-corrected chi connectivity index (χ2v) is 9.69. The Morgan fingerprint density at radius 3 is 2.32 bits per heavy atom. The number of benzene rings is 3. The van der Waals surface area contributed by atoms with E-state index in [4.69, 9.17) is 37.6 Å². The van der Waals surface area contributed by atoms with Crippen molar-refractivity contribution < 1.29 is 19.2 Å². The van der Waals surface area contributed by atoms with Gasteiger partial charge in [0, 0.05) is 52.6 Å². The van der Waals surface area contributed by atoms with Crippen LogP contribution in [-0.4, -0.2) is 50.8 Å². The zero-order valence-corrected chi connectivity index (χ0v) is 24.5. The summed E-state index contributed by atoms with van der Waals surface area (Å²) in [5, 5.41) is 16.1. The molecule has 0 saturated carbocycles. The molecule has 0 aliphatic rings. The molecular weight excluding hydrogens is 534 g/mol. The minimum absolute atomic E-state index is 0. The monoisotopic (exact) mass is 555 g/mol. The molecule has 0 fully saturated rings. The van der Waals surface area contributed by atoms with E-state index in [0.717, 1.165) is 33.2 Å². The Hall–Kier alpha value is -2.87. The van der Waals surface area contributed by atoms with Crippen LogP contribution in [0, 0.1) is 0 Å². The smallest absolute Gasteiger partial charge is 0.354 e. The van der Waals surface area contributed by atoms with E-state index in [0.29, 0.717) is 27.1 Å². The summed E-state index contributed by atoms with van der Waals surface area (Å²) in [6.07, 6.45) is 1.58. The Labute approximate surface area is 251 Å². The summed E-state index contributed by atoms with van der Waals surface area (Å²) >= 11 is 12.9. The van der Waals surface area contributed by atoms with Gasteiger partial charge >= 0.3 is 5.97 Å². The fourth-order valence-corrected chi connectivity index (χ4v) is 4.75. The Balaban J connectivity index is 0.00000336. The Morgan fingerprint density at radius 2 is 1.66 bits per heavy atom. The van der Waals surface area contributed by atoms with Gasteiger partial charge in [-0.1, -0.05) is 72.5 Å². The molecule has 0 atom stereocenters. The predicted molar refractivity (Wildman–Crippen MR) is 150 cm³/mol. The van der Waals surface area contributed by atoms with Gasteiger partial charge in [0.2, 0.25) is 0 Å². The molecule has 3 aromatic carbocycles. The first-order valence-electron chi connectivity index (χ1n) is 11.6. The summed E-state index contributed by atoms with van der Waals surface area (Å²) in [6.45, 7) is 4.29. The molecule has 2 heterocycles. The summed E-state index contributed by atoms with van der Waals surface area (Å²) in [7, 11) is 0. The molecule has 9 heteroatoms. The van der Waals surface area contributed by atoms with Crippen molar-refractivity contribution in [2.45, 2.75) is 26.4 Å². The van der Waals surface area contributed by atoms with Crippen LogP contribution in [0.15, 0.2) is 77.4 Å². The SMILES string of the molecule is CC(C)c1onc(-c2c(Cl)cccc2Cl)c1COc1ccc(-c2ccc3cc(C(=O)O)ncc3c2)cc1.[Na]. The first-order chi connectivity index (χ1) is 17.8. The Kier molecular flexibility index (Phi) is 8.81. The molecule has 38 heavy (non-hydrogen) atoms. The molecule has 0 spiro atoms. The molecule has 0 amide bonds. The molecule has 0 bridgehead atoms. The van der Waals surface area contributed by atoms with Crippen molar-refractivity contribution >= 4 is 69.5 Å². The third-order valence-electron chi connectivity index (χ3n) is 6.05. The van der Waals surface area contributed by atoms with Crippen molar-refractivity contribution in [1.82, 2.24) is 10.1 Å². The van der Waals surface area contributed by atoms with E-state index in [1.54, 1.807) is 30.5 Å². The maximum Gasteiger partial charge on any atom is 0.354 e. The van der Waals surface area contributed by atoms with Crippen LogP contribution >= 0.6 is 23.2 Å². The number of hydrogen-bond donors (Lipinski definition) is 1. The number of halogens is 2. The van der Waals surface area contributed by atoms with E-state index in [9.17, 15) is 4.79 Å². The van der Waals surface area contributed by atoms with Crippen LogP contribution in [0.2, 0.25) is 10.0 Å². The normalized spacial score (nSPS) is 11.0. The Morgan fingerprint density at radius 1 is 0.974 bits per heavy atom. The summed E-state index contributed by atoms with van der Waals surface area (Å²) in [4.78, 5) is 15.2. The average molecular weight is 556 g/mol. The molecule has 187 valence electrons. The molecule has 1 radical (unpaired) electrons. The number of nitrogens with zero attached hydrogens (tertiary/aromatic N) is 2. The summed E-state index contributed by atoms with van der Waals surface area (Å²) in [5.74, 6) is 0.454. The van der Waals surface area contributed by atoms with Crippen molar-refractivity contribution in [1.29, 1.82) is 0 Å². The summed E-state index contributed by atoms with van der Waals surface area (Å²) in [5.41, 5.74) is 4.00. The van der Waals surface area contributed by atoms with Gasteiger partial charge in [-0.05, 0) is 52.9 Å². The van der Waals surface area contributed by atoms with Crippen molar-refractivity contribution in [3.05, 3.63) is 100.0 Å². The number of aromatic nitrogens is 2. The van der Waals surface area contributed by atoms with E-state index in [1.165, 1.54) is 0 Å². The predicted octanol–water partition coefficient (Wildman–Crippen LogP) is 7.88. The molecular formula is C29H22Cl2N2NaO4. The number of aromatic carboxylic acids is 1. The van der Waals surface area contributed by atoms with Crippen LogP contribution in [-0.2, 0) is 6.61 Å². The van der Waals surface area contributed by atoms with Gasteiger partial charge in [-0.2, -0.15) is 0 Å². The molecule has 0 aliphatic carbocycles. The number of pyridine rings is 1. The van der Waals surface area contributed by atoms with Crippen LogP contribution in [0.25, 0.3) is 33.2 Å². The fraction of sp³-hybridized carbons (Fsp3) is 0.138. The number of ether oxygens (including phenoxy) is 1. The third-order valence-corrected chi connectivity index (χ3v) is 6.68. The van der Waals surface area contributed by atoms with Gasteiger partial charge in [0.25, 0.3) is 0 Å². The van der Waals surface area contributed by atoms with E-state index >= 15 is 0 Å². The van der Waals surface area contributed by atoms with Crippen LogP contribution < -0.4 is 4.74 Å². The van der Waals surface area contributed by atoms with Crippen molar-refractivity contribution in [2.75, 3.05) is 0 Å². The molecule has 2 aromatic heterocycles. The number of rotatable bonds is 7. The topological polar surface area (TPSA) is 85.5 Å². The van der Waals surface area contributed by atoms with Crippen molar-refractivity contribution in [3.63, 3.8) is 0 Å². The number of carboxylic acid groups (broad SMARTS) is 1. The van der Waals surface area contributed by atoms with Gasteiger partial charge in [-0.25, -0.2) is 9.78 Å². The first kappa shape index (κ1) is 28.1. The van der Waals surface area contributed by atoms with Gasteiger partial charge in [0.05, 0.1) is 15.6 Å². The van der Waals surface area contributed by atoms with Gasteiger partial charge in [-0.3, -0.25) is 0 Å². The van der Waals surface area contributed by atoms with Crippen LogP contribution in [0.1, 0.15) is 41.6 Å². The molecule has 5 rings (SSSR count). The van der Waals surface area contributed by atoms with E-state index < -0.39 is 5.97 Å². The molecule has 0 saturated heterocycles. The van der Waals surface area contributed by atoms with E-state index in [-0.39, 0.29) is 47.8 Å². The van der Waals surface area contributed by atoms with Gasteiger partial charge < -0.3 is 14.4 Å². The van der Waals surface area contributed by atoms with E-state index in [1.807, 2.05) is 56.3 Å². The van der Waals surface area contributed by atoms with Gasteiger partial charge in [-0.15, -0.1) is 0 Å². The fourth-order valence-electron chi connectivity index (χ4n) is 4.17. The maximum atomic E-state index is 11.2. The summed E-state index contributed by atoms with van der Waals surface area (Å²) in [6, 6.07) is 20.5. The largest absolute Gasteiger partial charge is 0.489 e. The quantitative estimate of drug-likeness (QED) is 0.205. The van der Waals surface area contributed by atoms with Crippen molar-refractivity contribution in [3.8, 4) is 28.1 Å². The minimum atomic E-state index is -1.05. The number of fused-ring (bicyclic) bond motifs is 1. The number of carbonyl (C=O) groups is 1. The van der Waals surface area contributed by atoms with Crippen LogP contribution in [0.4, 0.5) is 0 Å². The Bertz CT molecular complexity index is 1600. The van der Waals surface area contributed by atoms with Crippen LogP contribution in [0.5, 0.6) is 5.75 Å². The standard InChI is InChI=1S/C29H22Cl2N2O4.Na/c1-16(2)28-22(27(33-37-28)26-23(30)4-3-5-24(26)31)15-36-21-10-8-17(9-11-21)18-6-7-19-13-25(29(34)35)32-14-20(19)12-18;/h3-14,16H,15H2,1-2H3,(H,34,35);. The molecule has 5 aromatic rings. The zero-order chi connectivity index (χ0) is 26.1. The summed E-state index contributed by atoms with van der Waals surface area (Å²) < 4.78 is 11.8. The first-order valence-corrected chi connectivity index (χ1v) is 12.4.